The Balaban J connectivity index is 2.10. The van der Waals surface area contributed by atoms with Gasteiger partial charge < -0.3 is 5.11 Å². The van der Waals surface area contributed by atoms with Crippen molar-refractivity contribution in [2.45, 2.75) is 43.9 Å². The Morgan fingerprint density at radius 3 is 2.65 bits per heavy atom. The minimum absolute atomic E-state index is 0.0377. The van der Waals surface area contributed by atoms with Crippen molar-refractivity contribution in [3.8, 4) is 0 Å². The van der Waals surface area contributed by atoms with Crippen molar-refractivity contribution in [3.05, 3.63) is 35.9 Å². The molecule has 1 aliphatic rings. The summed E-state index contributed by atoms with van der Waals surface area (Å²) in [5.74, 6) is 0.402. The van der Waals surface area contributed by atoms with E-state index in [1.165, 1.54) is 0 Å². The van der Waals surface area contributed by atoms with Crippen LogP contribution in [0.4, 0.5) is 0 Å². The summed E-state index contributed by atoms with van der Waals surface area (Å²) in [5, 5.41) is 9.66. The Labute approximate surface area is 121 Å². The number of aliphatic hydroxyl groups excluding tert-OH is 1. The van der Waals surface area contributed by atoms with E-state index in [-0.39, 0.29) is 12.4 Å². The maximum atomic E-state index is 12.3. The number of hydrogen-bond donors (Lipinski definition) is 2. The third-order valence-electron chi connectivity index (χ3n) is 3.97. The molecule has 1 saturated carbocycles. The molecule has 0 aromatic heterocycles. The zero-order valence-corrected chi connectivity index (χ0v) is 12.7. The van der Waals surface area contributed by atoms with Crippen LogP contribution in [0.15, 0.2) is 30.3 Å². The van der Waals surface area contributed by atoms with Gasteiger partial charge in [0.15, 0.2) is 0 Å². The van der Waals surface area contributed by atoms with Crippen molar-refractivity contribution in [2.24, 2.45) is 5.92 Å². The van der Waals surface area contributed by atoms with Gasteiger partial charge in [-0.1, -0.05) is 50.1 Å². The highest BCUT2D eigenvalue weighted by Crippen LogP contribution is 2.32. The summed E-state index contributed by atoms with van der Waals surface area (Å²) in [6.45, 7) is 1.97. The van der Waals surface area contributed by atoms with Gasteiger partial charge in [0, 0.05) is 0 Å². The van der Waals surface area contributed by atoms with Gasteiger partial charge in [0.05, 0.1) is 17.9 Å². The maximum Gasteiger partial charge on any atom is 0.216 e. The van der Waals surface area contributed by atoms with Crippen LogP contribution in [0, 0.1) is 5.92 Å². The summed E-state index contributed by atoms with van der Waals surface area (Å²) < 4.78 is 27.4. The fourth-order valence-corrected chi connectivity index (χ4v) is 4.70. The van der Waals surface area contributed by atoms with Gasteiger partial charge in [0.25, 0.3) is 0 Å². The van der Waals surface area contributed by atoms with Gasteiger partial charge in [-0.15, -0.1) is 0 Å². The Morgan fingerprint density at radius 1 is 1.35 bits per heavy atom. The third kappa shape index (κ3) is 4.04. The number of nitrogens with one attached hydrogen (secondary N) is 1. The van der Waals surface area contributed by atoms with E-state index >= 15 is 0 Å². The van der Waals surface area contributed by atoms with E-state index < -0.39 is 15.6 Å². The lowest BCUT2D eigenvalue weighted by atomic mass is 9.78. The SMILES string of the molecule is CC1CCCC(CO)(NS(=O)(=O)Cc2ccccc2)C1. The van der Waals surface area contributed by atoms with E-state index in [0.29, 0.717) is 18.8 Å². The van der Waals surface area contributed by atoms with Gasteiger partial charge in [-0.05, 0) is 24.3 Å². The highest BCUT2D eigenvalue weighted by molar-refractivity contribution is 7.88. The Hall–Kier alpha value is -0.910. The lowest BCUT2D eigenvalue weighted by Crippen LogP contribution is -2.53. The standard InChI is InChI=1S/C15H23NO3S/c1-13-6-5-9-15(10-13,12-17)16-20(18,19)11-14-7-3-2-4-8-14/h2-4,7-8,13,16-17H,5-6,9-12H2,1H3. The summed E-state index contributed by atoms with van der Waals surface area (Å²) in [6.07, 6.45) is 3.47. The van der Waals surface area contributed by atoms with Crippen LogP contribution in [-0.4, -0.2) is 25.7 Å². The molecule has 0 aliphatic heterocycles. The lowest BCUT2D eigenvalue weighted by Gasteiger charge is -2.39. The molecule has 2 rings (SSSR count). The molecule has 2 N–H and O–H groups in total. The van der Waals surface area contributed by atoms with Crippen LogP contribution in [0.1, 0.15) is 38.2 Å². The van der Waals surface area contributed by atoms with Crippen LogP contribution >= 0.6 is 0 Å². The third-order valence-corrected chi connectivity index (χ3v) is 5.42. The molecule has 2 unspecified atom stereocenters. The number of sulfonamides is 1. The zero-order chi connectivity index (χ0) is 14.6. The molecule has 0 saturated heterocycles. The zero-order valence-electron chi connectivity index (χ0n) is 11.9. The Morgan fingerprint density at radius 2 is 2.05 bits per heavy atom. The highest BCUT2D eigenvalue weighted by Gasteiger charge is 2.37. The van der Waals surface area contributed by atoms with Crippen molar-refractivity contribution in [3.63, 3.8) is 0 Å². The van der Waals surface area contributed by atoms with Gasteiger partial charge in [0.1, 0.15) is 0 Å². The van der Waals surface area contributed by atoms with Crippen molar-refractivity contribution in [1.29, 1.82) is 0 Å². The summed E-state index contributed by atoms with van der Waals surface area (Å²) in [4.78, 5) is 0. The number of aliphatic hydroxyl groups is 1. The average Bonchev–Trinajstić information content (AvgIpc) is 2.38. The summed E-state index contributed by atoms with van der Waals surface area (Å²) in [6, 6.07) is 9.12. The van der Waals surface area contributed by atoms with Crippen LogP contribution in [0.5, 0.6) is 0 Å². The molecular weight excluding hydrogens is 274 g/mol. The molecule has 1 fully saturated rings. The maximum absolute atomic E-state index is 12.3. The second-order valence-corrected chi connectivity index (χ2v) is 7.71. The first-order valence-corrected chi connectivity index (χ1v) is 8.76. The number of benzene rings is 1. The lowest BCUT2D eigenvalue weighted by molar-refractivity contribution is 0.119. The first-order chi connectivity index (χ1) is 9.45. The van der Waals surface area contributed by atoms with E-state index in [0.717, 1.165) is 18.4 Å². The van der Waals surface area contributed by atoms with Crippen LogP contribution < -0.4 is 4.72 Å². The molecule has 0 bridgehead atoms. The van der Waals surface area contributed by atoms with E-state index in [2.05, 4.69) is 11.6 Å². The molecule has 4 nitrogen and oxygen atoms in total. The number of rotatable bonds is 5. The molecule has 112 valence electrons. The van der Waals surface area contributed by atoms with Crippen molar-refractivity contribution in [1.82, 2.24) is 4.72 Å². The van der Waals surface area contributed by atoms with Crippen LogP contribution in [0.2, 0.25) is 0 Å². The second-order valence-electron chi connectivity index (χ2n) is 5.99. The predicted molar refractivity (Wildman–Crippen MR) is 79.7 cm³/mol. The van der Waals surface area contributed by atoms with E-state index in [9.17, 15) is 13.5 Å². The quantitative estimate of drug-likeness (QED) is 0.874. The van der Waals surface area contributed by atoms with E-state index in [4.69, 9.17) is 0 Å². The topological polar surface area (TPSA) is 66.4 Å². The fraction of sp³-hybridized carbons (Fsp3) is 0.600. The molecule has 1 aromatic carbocycles. The molecule has 20 heavy (non-hydrogen) atoms. The molecule has 0 radical (unpaired) electrons. The van der Waals surface area contributed by atoms with Crippen LogP contribution in [0.25, 0.3) is 0 Å². The van der Waals surface area contributed by atoms with Gasteiger partial charge in [0.2, 0.25) is 10.0 Å². The van der Waals surface area contributed by atoms with Crippen molar-refractivity contribution < 1.29 is 13.5 Å². The molecule has 1 aliphatic carbocycles. The molecule has 0 spiro atoms. The molecule has 1 aromatic rings. The average molecular weight is 297 g/mol. The van der Waals surface area contributed by atoms with E-state index in [1.54, 1.807) is 12.1 Å². The van der Waals surface area contributed by atoms with Crippen molar-refractivity contribution in [2.75, 3.05) is 6.61 Å². The molecule has 5 heteroatoms. The normalized spacial score (nSPS) is 27.4. The van der Waals surface area contributed by atoms with Gasteiger partial charge in [-0.25, -0.2) is 13.1 Å². The first kappa shape index (κ1) is 15.5. The monoisotopic (exact) mass is 297 g/mol. The van der Waals surface area contributed by atoms with Gasteiger partial charge in [-0.3, -0.25) is 0 Å². The summed E-state index contributed by atoms with van der Waals surface area (Å²) >= 11 is 0. The fourth-order valence-electron chi connectivity index (χ4n) is 3.09. The minimum Gasteiger partial charge on any atom is -0.394 e. The Kier molecular flexibility index (Phi) is 4.83. The van der Waals surface area contributed by atoms with Crippen LogP contribution in [-0.2, 0) is 15.8 Å². The smallest absolute Gasteiger partial charge is 0.216 e. The number of hydrogen-bond acceptors (Lipinski definition) is 3. The second kappa shape index (κ2) is 6.24. The summed E-state index contributed by atoms with van der Waals surface area (Å²) in [7, 11) is -3.44. The Bertz CT molecular complexity index is 529. The first-order valence-electron chi connectivity index (χ1n) is 7.11. The van der Waals surface area contributed by atoms with Crippen LogP contribution in [0.3, 0.4) is 0 Å². The largest absolute Gasteiger partial charge is 0.394 e. The predicted octanol–water partition coefficient (Wildman–Crippen LogP) is 2.05. The molecule has 0 heterocycles. The van der Waals surface area contributed by atoms with E-state index in [1.807, 2.05) is 18.2 Å². The van der Waals surface area contributed by atoms with Crippen molar-refractivity contribution >= 4 is 10.0 Å². The molecular formula is C15H23NO3S. The summed E-state index contributed by atoms with van der Waals surface area (Å²) in [5.41, 5.74) is 0.0857. The minimum atomic E-state index is -3.44. The highest BCUT2D eigenvalue weighted by atomic mass is 32.2. The molecule has 0 amide bonds. The molecule has 2 atom stereocenters. The van der Waals surface area contributed by atoms with Gasteiger partial charge >= 0.3 is 0 Å². The van der Waals surface area contributed by atoms with Gasteiger partial charge in [-0.2, -0.15) is 0 Å².